The number of carbonyl (C=O) groups excluding carboxylic acids is 1. The first-order chi connectivity index (χ1) is 9.66. The molecule has 0 spiro atoms. The largest absolute Gasteiger partial charge is 0.467 e. The van der Waals surface area contributed by atoms with E-state index in [1.54, 1.807) is 29.4 Å². The molecule has 1 aliphatic carbocycles. The van der Waals surface area contributed by atoms with Gasteiger partial charge in [-0.05, 0) is 37.1 Å². The molecule has 1 aromatic carbocycles. The van der Waals surface area contributed by atoms with Gasteiger partial charge in [0.2, 0.25) is 0 Å². The van der Waals surface area contributed by atoms with E-state index in [1.807, 2.05) is 12.1 Å². The molecule has 0 bridgehead atoms. The average molecular weight is 291 g/mol. The van der Waals surface area contributed by atoms with Crippen LogP contribution in [0.2, 0.25) is 5.02 Å². The fourth-order valence-electron chi connectivity index (χ4n) is 2.19. The van der Waals surface area contributed by atoms with Crippen molar-refractivity contribution in [1.29, 1.82) is 0 Å². The first-order valence-electron chi connectivity index (χ1n) is 6.54. The van der Waals surface area contributed by atoms with Gasteiger partial charge in [0, 0.05) is 6.04 Å². The number of hydrogen-bond donors (Lipinski definition) is 1. The molecule has 0 unspecified atom stereocenters. The zero-order valence-corrected chi connectivity index (χ0v) is 11.6. The fourth-order valence-corrected chi connectivity index (χ4v) is 2.40. The predicted molar refractivity (Wildman–Crippen MR) is 77.5 cm³/mol. The number of benzene rings is 1. The highest BCUT2D eigenvalue weighted by atomic mass is 35.5. The van der Waals surface area contributed by atoms with Gasteiger partial charge in [0.1, 0.15) is 5.76 Å². The molecular weight excluding hydrogens is 276 g/mol. The molecule has 1 heterocycles. The number of halogens is 1. The second kappa shape index (κ2) is 5.21. The third-order valence-electron chi connectivity index (χ3n) is 3.41. The van der Waals surface area contributed by atoms with Crippen LogP contribution in [0.3, 0.4) is 0 Å². The van der Waals surface area contributed by atoms with E-state index in [9.17, 15) is 4.79 Å². The second-order valence-corrected chi connectivity index (χ2v) is 5.33. The Morgan fingerprint density at radius 1 is 1.35 bits per heavy atom. The Morgan fingerprint density at radius 3 is 2.80 bits per heavy atom. The summed E-state index contributed by atoms with van der Waals surface area (Å²) in [5.74, 6) is 0.673. The van der Waals surface area contributed by atoms with Crippen molar-refractivity contribution in [3.8, 4) is 0 Å². The van der Waals surface area contributed by atoms with Gasteiger partial charge in [-0.15, -0.1) is 0 Å². The zero-order valence-electron chi connectivity index (χ0n) is 10.9. The molecule has 4 nitrogen and oxygen atoms in total. The Kier molecular flexibility index (Phi) is 3.40. The molecule has 1 amide bonds. The summed E-state index contributed by atoms with van der Waals surface area (Å²) in [6.45, 7) is 0.460. The Labute approximate surface area is 122 Å². The summed E-state index contributed by atoms with van der Waals surface area (Å²) in [4.78, 5) is 14.5. The van der Waals surface area contributed by atoms with Crippen LogP contribution in [0.4, 0.5) is 5.69 Å². The lowest BCUT2D eigenvalue weighted by Crippen LogP contribution is -2.32. The number of nitrogens with two attached hydrogens (primary N) is 1. The van der Waals surface area contributed by atoms with Crippen LogP contribution in [0.15, 0.2) is 41.0 Å². The minimum absolute atomic E-state index is 0.0961. The van der Waals surface area contributed by atoms with Crippen LogP contribution in [0, 0.1) is 0 Å². The van der Waals surface area contributed by atoms with Crippen LogP contribution in [-0.2, 0) is 6.54 Å². The predicted octanol–water partition coefficient (Wildman–Crippen LogP) is 3.32. The summed E-state index contributed by atoms with van der Waals surface area (Å²) in [5, 5.41) is 0.322. The lowest BCUT2D eigenvalue weighted by molar-refractivity contribution is 0.0718. The molecule has 0 atom stereocenters. The van der Waals surface area contributed by atoms with Gasteiger partial charge in [-0.1, -0.05) is 17.7 Å². The highest BCUT2D eigenvalue weighted by Gasteiger charge is 2.34. The van der Waals surface area contributed by atoms with Gasteiger partial charge >= 0.3 is 0 Å². The number of carbonyl (C=O) groups is 1. The lowest BCUT2D eigenvalue weighted by atomic mass is 10.1. The van der Waals surface area contributed by atoms with Crippen molar-refractivity contribution in [2.75, 3.05) is 5.73 Å². The molecule has 0 saturated heterocycles. The first-order valence-corrected chi connectivity index (χ1v) is 6.92. The summed E-state index contributed by atoms with van der Waals surface area (Å²) in [6.07, 6.45) is 3.65. The van der Waals surface area contributed by atoms with Gasteiger partial charge in [0.15, 0.2) is 0 Å². The maximum atomic E-state index is 12.7. The van der Waals surface area contributed by atoms with Crippen LogP contribution in [0.5, 0.6) is 0 Å². The monoisotopic (exact) mass is 290 g/mol. The Balaban J connectivity index is 1.87. The molecule has 2 aromatic rings. The number of nitrogen functional groups attached to an aromatic ring is 1. The van der Waals surface area contributed by atoms with Crippen LogP contribution in [0.1, 0.15) is 29.0 Å². The SMILES string of the molecule is Nc1cccc(C(=O)N(Cc2ccco2)C2CC2)c1Cl. The molecule has 0 aliphatic heterocycles. The van der Waals surface area contributed by atoms with Gasteiger partial charge in [0.05, 0.1) is 29.1 Å². The summed E-state index contributed by atoms with van der Waals surface area (Å²) in [5.41, 5.74) is 6.64. The maximum absolute atomic E-state index is 12.7. The quantitative estimate of drug-likeness (QED) is 0.879. The summed E-state index contributed by atoms with van der Waals surface area (Å²) in [6, 6.07) is 9.09. The number of amides is 1. The van der Waals surface area contributed by atoms with Crippen molar-refractivity contribution in [2.45, 2.75) is 25.4 Å². The molecule has 2 N–H and O–H groups in total. The van der Waals surface area contributed by atoms with Gasteiger partial charge < -0.3 is 15.1 Å². The summed E-state index contributed by atoms with van der Waals surface area (Å²) < 4.78 is 5.33. The van der Waals surface area contributed by atoms with E-state index in [0.717, 1.165) is 18.6 Å². The van der Waals surface area contributed by atoms with E-state index in [0.29, 0.717) is 22.8 Å². The van der Waals surface area contributed by atoms with Crippen LogP contribution < -0.4 is 5.73 Å². The maximum Gasteiger partial charge on any atom is 0.256 e. The molecule has 1 saturated carbocycles. The molecule has 1 fully saturated rings. The summed E-state index contributed by atoms with van der Waals surface area (Å²) >= 11 is 6.14. The normalized spacial score (nSPS) is 14.2. The highest BCUT2D eigenvalue weighted by molar-refractivity contribution is 6.36. The van der Waals surface area contributed by atoms with Crippen molar-refractivity contribution in [2.24, 2.45) is 0 Å². The van der Waals surface area contributed by atoms with Crippen molar-refractivity contribution in [1.82, 2.24) is 4.90 Å². The van der Waals surface area contributed by atoms with Gasteiger partial charge in [-0.25, -0.2) is 0 Å². The molecule has 1 aromatic heterocycles. The van der Waals surface area contributed by atoms with Gasteiger partial charge in [0.25, 0.3) is 5.91 Å². The average Bonchev–Trinajstić information content (AvgIpc) is 3.15. The van der Waals surface area contributed by atoms with E-state index >= 15 is 0 Å². The molecular formula is C15H15ClN2O2. The van der Waals surface area contributed by atoms with Crippen molar-refractivity contribution < 1.29 is 9.21 Å². The number of rotatable bonds is 4. The van der Waals surface area contributed by atoms with E-state index in [1.165, 1.54) is 0 Å². The standard InChI is InChI=1S/C15H15ClN2O2/c16-14-12(4-1-5-13(14)17)15(19)18(10-6-7-10)9-11-3-2-8-20-11/h1-5,8,10H,6-7,9,17H2. The third kappa shape index (κ3) is 2.51. The minimum Gasteiger partial charge on any atom is -0.467 e. The van der Waals surface area contributed by atoms with Crippen molar-refractivity contribution >= 4 is 23.2 Å². The van der Waals surface area contributed by atoms with Crippen LogP contribution >= 0.6 is 11.6 Å². The molecule has 0 radical (unpaired) electrons. The molecule has 1 aliphatic rings. The fraction of sp³-hybridized carbons (Fsp3) is 0.267. The van der Waals surface area contributed by atoms with E-state index < -0.39 is 0 Å². The number of anilines is 1. The van der Waals surface area contributed by atoms with Crippen molar-refractivity contribution in [3.05, 3.63) is 52.9 Å². The van der Waals surface area contributed by atoms with Gasteiger partial charge in [-0.2, -0.15) is 0 Å². The van der Waals surface area contributed by atoms with Crippen LogP contribution in [-0.4, -0.2) is 16.8 Å². The van der Waals surface area contributed by atoms with E-state index in [2.05, 4.69) is 0 Å². The van der Waals surface area contributed by atoms with Crippen LogP contribution in [0.25, 0.3) is 0 Å². The Bertz CT molecular complexity index is 621. The summed E-state index contributed by atoms with van der Waals surface area (Å²) in [7, 11) is 0. The molecule has 104 valence electrons. The topological polar surface area (TPSA) is 59.5 Å². The van der Waals surface area contributed by atoms with E-state index in [4.69, 9.17) is 21.8 Å². The van der Waals surface area contributed by atoms with E-state index in [-0.39, 0.29) is 11.9 Å². The Hall–Kier alpha value is -1.94. The molecule has 3 rings (SSSR count). The molecule has 20 heavy (non-hydrogen) atoms. The van der Waals surface area contributed by atoms with Crippen molar-refractivity contribution in [3.63, 3.8) is 0 Å². The molecule has 5 heteroatoms. The second-order valence-electron chi connectivity index (χ2n) is 4.95. The highest BCUT2D eigenvalue weighted by Crippen LogP contribution is 2.32. The smallest absolute Gasteiger partial charge is 0.256 e. The van der Waals surface area contributed by atoms with Gasteiger partial charge in [-0.3, -0.25) is 4.79 Å². The Morgan fingerprint density at radius 2 is 2.15 bits per heavy atom. The first kappa shape index (κ1) is 13.1. The number of furan rings is 1. The lowest BCUT2D eigenvalue weighted by Gasteiger charge is -2.22. The number of nitrogens with zero attached hydrogens (tertiary/aromatic N) is 1. The third-order valence-corrected chi connectivity index (χ3v) is 3.84. The number of hydrogen-bond acceptors (Lipinski definition) is 3. The minimum atomic E-state index is -0.0961. The zero-order chi connectivity index (χ0) is 14.1.